The molecule has 1 rings (SSSR count). The molecule has 0 aromatic heterocycles. The number of nitrogens with two attached hydrogens (primary N) is 1. The zero-order valence-corrected chi connectivity index (χ0v) is 9.07. The number of thioether (sulfide) groups is 1. The molecule has 1 atom stereocenters. The van der Waals surface area contributed by atoms with Gasteiger partial charge in [0.15, 0.2) is 0 Å². The number of hydrogen-bond acceptors (Lipinski definition) is 2. The molecule has 0 aliphatic heterocycles. The second-order valence-corrected chi connectivity index (χ2v) is 3.92. The standard InChI is InChI=1S/C8H14S.C2H7N/c1-9-7-8-5-3-2-4-6-8;1-2-3/h2-3,8H,4-7H2,1H3;2-3H2,1H3. The third-order valence-corrected chi connectivity index (χ3v) is 2.58. The summed E-state index contributed by atoms with van der Waals surface area (Å²) in [5.74, 6) is 2.33. The van der Waals surface area contributed by atoms with Gasteiger partial charge in [-0.25, -0.2) is 0 Å². The SMILES string of the molecule is CCN.CSCC1CC=CCC1. The van der Waals surface area contributed by atoms with Gasteiger partial charge in [-0.05, 0) is 43.7 Å². The average Bonchev–Trinajstić information content (AvgIpc) is 2.08. The van der Waals surface area contributed by atoms with E-state index >= 15 is 0 Å². The van der Waals surface area contributed by atoms with Gasteiger partial charge in [0, 0.05) is 0 Å². The van der Waals surface area contributed by atoms with E-state index in [2.05, 4.69) is 18.4 Å². The molecule has 0 aromatic rings. The Hall–Kier alpha value is 0.0500. The quantitative estimate of drug-likeness (QED) is 0.673. The molecular formula is C10H21NS. The van der Waals surface area contributed by atoms with Crippen LogP contribution in [-0.4, -0.2) is 18.6 Å². The predicted octanol–water partition coefficient (Wildman–Crippen LogP) is 2.67. The minimum atomic E-state index is 0.750. The molecule has 1 aliphatic rings. The van der Waals surface area contributed by atoms with E-state index in [0.29, 0.717) is 0 Å². The Bertz CT molecular complexity index is 112. The lowest BCUT2D eigenvalue weighted by molar-refractivity contribution is 0.536. The van der Waals surface area contributed by atoms with Gasteiger partial charge in [0.1, 0.15) is 0 Å². The number of allylic oxidation sites excluding steroid dienone is 2. The second-order valence-electron chi connectivity index (χ2n) is 3.01. The summed E-state index contributed by atoms with van der Waals surface area (Å²) >= 11 is 1.97. The molecule has 2 heteroatoms. The summed E-state index contributed by atoms with van der Waals surface area (Å²) in [5, 5.41) is 0. The van der Waals surface area contributed by atoms with Gasteiger partial charge in [0.25, 0.3) is 0 Å². The Labute approximate surface area is 80.8 Å². The minimum absolute atomic E-state index is 0.750. The van der Waals surface area contributed by atoms with Gasteiger partial charge in [-0.15, -0.1) is 0 Å². The van der Waals surface area contributed by atoms with Crippen LogP contribution in [0.15, 0.2) is 12.2 Å². The fourth-order valence-corrected chi connectivity index (χ4v) is 2.02. The van der Waals surface area contributed by atoms with E-state index in [-0.39, 0.29) is 0 Å². The summed E-state index contributed by atoms with van der Waals surface area (Å²) in [5.41, 5.74) is 4.85. The van der Waals surface area contributed by atoms with Crippen molar-refractivity contribution in [1.29, 1.82) is 0 Å². The highest BCUT2D eigenvalue weighted by molar-refractivity contribution is 7.98. The first-order valence-electron chi connectivity index (χ1n) is 4.69. The zero-order chi connectivity index (χ0) is 9.23. The van der Waals surface area contributed by atoms with E-state index in [9.17, 15) is 0 Å². The highest BCUT2D eigenvalue weighted by atomic mass is 32.2. The van der Waals surface area contributed by atoms with Crippen LogP contribution in [0.25, 0.3) is 0 Å². The van der Waals surface area contributed by atoms with Crippen LogP contribution >= 0.6 is 11.8 Å². The summed E-state index contributed by atoms with van der Waals surface area (Å²) in [6.45, 7) is 2.65. The molecule has 0 saturated heterocycles. The van der Waals surface area contributed by atoms with E-state index < -0.39 is 0 Å². The van der Waals surface area contributed by atoms with Crippen molar-refractivity contribution in [1.82, 2.24) is 0 Å². The van der Waals surface area contributed by atoms with Crippen LogP contribution in [0.1, 0.15) is 26.2 Å². The van der Waals surface area contributed by atoms with Crippen molar-refractivity contribution in [2.24, 2.45) is 11.7 Å². The minimum Gasteiger partial charge on any atom is -0.331 e. The van der Waals surface area contributed by atoms with Crippen molar-refractivity contribution < 1.29 is 0 Å². The van der Waals surface area contributed by atoms with Crippen LogP contribution in [0, 0.1) is 5.92 Å². The molecule has 0 bridgehead atoms. The molecule has 0 amide bonds. The topological polar surface area (TPSA) is 26.0 Å². The smallest absolute Gasteiger partial charge is 0.00388 e. The first kappa shape index (κ1) is 12.0. The van der Waals surface area contributed by atoms with Gasteiger partial charge in [-0.2, -0.15) is 11.8 Å². The zero-order valence-electron chi connectivity index (χ0n) is 8.25. The Balaban J connectivity index is 0.000000354. The summed E-state index contributed by atoms with van der Waals surface area (Å²) in [4.78, 5) is 0. The lowest BCUT2D eigenvalue weighted by atomic mass is 9.97. The van der Waals surface area contributed by atoms with Gasteiger partial charge in [0.05, 0.1) is 0 Å². The van der Waals surface area contributed by atoms with E-state index in [1.165, 1.54) is 25.0 Å². The molecule has 1 unspecified atom stereocenters. The van der Waals surface area contributed by atoms with Gasteiger partial charge in [-0.1, -0.05) is 19.1 Å². The van der Waals surface area contributed by atoms with Crippen LogP contribution in [0.4, 0.5) is 0 Å². The normalized spacial score (nSPS) is 21.4. The third-order valence-electron chi connectivity index (χ3n) is 1.78. The maximum atomic E-state index is 4.85. The number of hydrogen-bond donors (Lipinski definition) is 1. The van der Waals surface area contributed by atoms with Crippen molar-refractivity contribution in [3.63, 3.8) is 0 Å². The fraction of sp³-hybridized carbons (Fsp3) is 0.800. The Morgan fingerprint density at radius 2 is 2.17 bits per heavy atom. The van der Waals surface area contributed by atoms with Gasteiger partial charge in [0.2, 0.25) is 0 Å². The Morgan fingerprint density at radius 3 is 2.58 bits per heavy atom. The highest BCUT2D eigenvalue weighted by Gasteiger charge is 2.07. The van der Waals surface area contributed by atoms with Crippen molar-refractivity contribution in [3.8, 4) is 0 Å². The predicted molar refractivity (Wildman–Crippen MR) is 59.6 cm³/mol. The maximum Gasteiger partial charge on any atom is -0.00388 e. The second kappa shape index (κ2) is 9.14. The molecule has 12 heavy (non-hydrogen) atoms. The summed E-state index contributed by atoms with van der Waals surface area (Å²) < 4.78 is 0. The maximum absolute atomic E-state index is 4.85. The monoisotopic (exact) mass is 187 g/mol. The molecule has 0 fully saturated rings. The van der Waals surface area contributed by atoms with Crippen molar-refractivity contribution in [2.45, 2.75) is 26.2 Å². The van der Waals surface area contributed by atoms with Crippen LogP contribution in [0.3, 0.4) is 0 Å². The molecule has 1 aliphatic carbocycles. The molecule has 0 saturated carbocycles. The molecule has 1 nitrogen and oxygen atoms in total. The third kappa shape index (κ3) is 6.74. The fourth-order valence-electron chi connectivity index (χ4n) is 1.24. The molecule has 2 N–H and O–H groups in total. The van der Waals surface area contributed by atoms with Crippen LogP contribution in [0.2, 0.25) is 0 Å². The molecule has 0 spiro atoms. The van der Waals surface area contributed by atoms with Gasteiger partial charge in [-0.3, -0.25) is 0 Å². The summed E-state index contributed by atoms with van der Waals surface area (Å²) in [6.07, 6.45) is 10.9. The van der Waals surface area contributed by atoms with Crippen LogP contribution in [-0.2, 0) is 0 Å². The Kier molecular flexibility index (Phi) is 9.18. The lowest BCUT2D eigenvalue weighted by Crippen LogP contribution is -2.04. The van der Waals surface area contributed by atoms with Crippen molar-refractivity contribution >= 4 is 11.8 Å². The van der Waals surface area contributed by atoms with Crippen molar-refractivity contribution in [3.05, 3.63) is 12.2 Å². The van der Waals surface area contributed by atoms with Crippen LogP contribution in [0.5, 0.6) is 0 Å². The largest absolute Gasteiger partial charge is 0.331 e. The molecule has 0 radical (unpaired) electrons. The molecule has 0 heterocycles. The molecule has 72 valence electrons. The van der Waals surface area contributed by atoms with Crippen LogP contribution < -0.4 is 5.73 Å². The average molecular weight is 187 g/mol. The van der Waals surface area contributed by atoms with E-state index in [0.717, 1.165) is 12.5 Å². The highest BCUT2D eigenvalue weighted by Crippen LogP contribution is 2.20. The summed E-state index contributed by atoms with van der Waals surface area (Å²) in [6, 6.07) is 0. The summed E-state index contributed by atoms with van der Waals surface area (Å²) in [7, 11) is 0. The molecule has 0 aromatic carbocycles. The number of rotatable bonds is 2. The van der Waals surface area contributed by atoms with Gasteiger partial charge < -0.3 is 5.73 Å². The van der Waals surface area contributed by atoms with E-state index in [1.807, 2.05) is 18.7 Å². The van der Waals surface area contributed by atoms with Crippen molar-refractivity contribution in [2.75, 3.05) is 18.6 Å². The van der Waals surface area contributed by atoms with Gasteiger partial charge >= 0.3 is 0 Å². The first-order chi connectivity index (χ1) is 5.85. The Morgan fingerprint density at radius 1 is 1.50 bits per heavy atom. The first-order valence-corrected chi connectivity index (χ1v) is 6.08. The van der Waals surface area contributed by atoms with E-state index in [1.54, 1.807) is 0 Å². The van der Waals surface area contributed by atoms with E-state index in [4.69, 9.17) is 5.73 Å². The molecular weight excluding hydrogens is 166 g/mol. The lowest BCUT2D eigenvalue weighted by Gasteiger charge is -2.15.